The summed E-state index contributed by atoms with van der Waals surface area (Å²) in [6, 6.07) is 12.4. The maximum atomic E-state index is 13.8. The van der Waals surface area contributed by atoms with Crippen LogP contribution in [-0.2, 0) is 16.1 Å². The fourth-order valence-electron chi connectivity index (χ4n) is 2.65. The van der Waals surface area contributed by atoms with Crippen molar-refractivity contribution in [3.63, 3.8) is 0 Å². The first-order chi connectivity index (χ1) is 12.0. The van der Waals surface area contributed by atoms with Crippen molar-refractivity contribution in [1.29, 1.82) is 0 Å². The molecule has 0 saturated heterocycles. The molecular weight excluding hydrogens is 325 g/mol. The summed E-state index contributed by atoms with van der Waals surface area (Å²) < 4.78 is 19.1. The highest BCUT2D eigenvalue weighted by molar-refractivity contribution is 6.34. The van der Waals surface area contributed by atoms with E-state index in [0.717, 1.165) is 4.90 Å². The Morgan fingerprint density at radius 1 is 1.04 bits per heavy atom. The molecule has 1 heterocycles. The molecule has 2 aromatic rings. The highest BCUT2D eigenvalue weighted by Crippen LogP contribution is 2.30. The molecule has 1 aliphatic heterocycles. The first kappa shape index (κ1) is 16.7. The van der Waals surface area contributed by atoms with Gasteiger partial charge in [0.1, 0.15) is 11.6 Å². The predicted molar refractivity (Wildman–Crippen MR) is 89.1 cm³/mol. The lowest BCUT2D eigenvalue weighted by atomic mass is 10.1. The van der Waals surface area contributed by atoms with E-state index in [0.29, 0.717) is 17.9 Å². The molecule has 0 radical (unpaired) electrons. The number of aliphatic hydroxyl groups is 1. The number of rotatable bonds is 5. The number of carbonyl (C=O) groups excluding carboxylic acids is 2. The van der Waals surface area contributed by atoms with Crippen molar-refractivity contribution >= 4 is 17.4 Å². The number of hydrogen-bond acceptors (Lipinski definition) is 4. The van der Waals surface area contributed by atoms with Gasteiger partial charge in [-0.2, -0.15) is 0 Å². The minimum atomic E-state index is -0.836. The van der Waals surface area contributed by atoms with E-state index in [2.05, 4.69) is 0 Å². The second-order valence-electron chi connectivity index (χ2n) is 5.47. The van der Waals surface area contributed by atoms with Gasteiger partial charge in [0.25, 0.3) is 11.8 Å². The van der Waals surface area contributed by atoms with Crippen LogP contribution in [0, 0.1) is 5.82 Å². The quantitative estimate of drug-likeness (QED) is 0.849. The Bertz CT molecular complexity index is 858. The van der Waals surface area contributed by atoms with Gasteiger partial charge in [0.05, 0.1) is 18.7 Å². The Hall–Kier alpha value is -3.15. The maximum absolute atomic E-state index is 13.8. The number of benzene rings is 2. The molecule has 0 bridgehead atoms. The fraction of sp³-hybridized carbons (Fsp3) is 0.158. The van der Waals surface area contributed by atoms with Gasteiger partial charge in [-0.1, -0.05) is 30.3 Å². The highest BCUT2D eigenvalue weighted by atomic mass is 19.1. The van der Waals surface area contributed by atoms with Crippen LogP contribution in [0.15, 0.2) is 54.3 Å². The molecule has 25 heavy (non-hydrogen) atoms. The number of aliphatic hydroxyl groups excluding tert-OH is 1. The molecule has 128 valence electrons. The van der Waals surface area contributed by atoms with Crippen molar-refractivity contribution in [1.82, 2.24) is 4.90 Å². The molecule has 1 N–H and O–H groups in total. The van der Waals surface area contributed by atoms with Gasteiger partial charge in [-0.15, -0.1) is 0 Å². The van der Waals surface area contributed by atoms with Crippen LogP contribution < -0.4 is 4.74 Å². The summed E-state index contributed by atoms with van der Waals surface area (Å²) in [4.78, 5) is 25.7. The van der Waals surface area contributed by atoms with E-state index in [4.69, 9.17) is 4.74 Å². The number of amides is 2. The van der Waals surface area contributed by atoms with Crippen molar-refractivity contribution in [3.05, 3.63) is 71.2 Å². The van der Waals surface area contributed by atoms with Gasteiger partial charge < -0.3 is 9.84 Å². The van der Waals surface area contributed by atoms with E-state index in [1.165, 1.54) is 18.2 Å². The zero-order chi connectivity index (χ0) is 18.0. The van der Waals surface area contributed by atoms with Gasteiger partial charge in [-0.3, -0.25) is 14.5 Å². The summed E-state index contributed by atoms with van der Waals surface area (Å²) in [5.74, 6) is -2.03. The second kappa shape index (κ2) is 6.76. The molecule has 0 spiro atoms. The third kappa shape index (κ3) is 3.10. The lowest BCUT2D eigenvalue weighted by molar-refractivity contribution is -0.138. The molecule has 0 fully saturated rings. The number of hydrogen-bond donors (Lipinski definition) is 1. The minimum absolute atomic E-state index is 0.0932. The Morgan fingerprint density at radius 2 is 1.72 bits per heavy atom. The van der Waals surface area contributed by atoms with Crippen molar-refractivity contribution in [2.75, 3.05) is 6.61 Å². The number of imide groups is 1. The summed E-state index contributed by atoms with van der Waals surface area (Å²) >= 11 is 0. The van der Waals surface area contributed by atoms with Crippen LogP contribution in [0.5, 0.6) is 5.75 Å². The Labute approximate surface area is 144 Å². The van der Waals surface area contributed by atoms with Crippen LogP contribution >= 0.6 is 0 Å². The molecule has 6 heteroatoms. The Morgan fingerprint density at radius 3 is 2.36 bits per heavy atom. The summed E-state index contributed by atoms with van der Waals surface area (Å²) in [6.45, 7) is 2.11. The standard InChI is InChI=1S/C19H16FNO4/c1-2-25-14-9-7-12(8-10-14)16-17(22)19(24)21(18(16)23)11-13-5-3-4-6-15(13)20/h3-10,22H,2,11H2,1H3. The van der Waals surface area contributed by atoms with Crippen LogP contribution in [0.1, 0.15) is 18.1 Å². The maximum Gasteiger partial charge on any atom is 0.296 e. The van der Waals surface area contributed by atoms with E-state index < -0.39 is 23.4 Å². The first-order valence-electron chi connectivity index (χ1n) is 7.79. The molecule has 2 amide bonds. The minimum Gasteiger partial charge on any atom is -0.502 e. The number of carbonyl (C=O) groups is 2. The largest absolute Gasteiger partial charge is 0.502 e. The smallest absolute Gasteiger partial charge is 0.296 e. The molecule has 2 aromatic carbocycles. The Balaban J connectivity index is 1.88. The first-order valence-corrected chi connectivity index (χ1v) is 7.79. The predicted octanol–water partition coefficient (Wildman–Crippen LogP) is 3.06. The van der Waals surface area contributed by atoms with Gasteiger partial charge in [-0.25, -0.2) is 4.39 Å². The van der Waals surface area contributed by atoms with Gasteiger partial charge >= 0.3 is 0 Å². The average molecular weight is 341 g/mol. The van der Waals surface area contributed by atoms with Gasteiger partial charge in [0.15, 0.2) is 5.76 Å². The lowest BCUT2D eigenvalue weighted by Crippen LogP contribution is -2.31. The number of nitrogens with zero attached hydrogens (tertiary/aromatic N) is 1. The van der Waals surface area contributed by atoms with Crippen LogP contribution in [0.25, 0.3) is 5.57 Å². The molecule has 3 rings (SSSR count). The van der Waals surface area contributed by atoms with Crippen LogP contribution in [-0.4, -0.2) is 28.4 Å². The average Bonchev–Trinajstić information content (AvgIpc) is 2.81. The van der Waals surface area contributed by atoms with E-state index in [1.807, 2.05) is 6.92 Å². The van der Waals surface area contributed by atoms with Crippen molar-refractivity contribution in [2.45, 2.75) is 13.5 Å². The number of halogens is 1. The molecule has 0 saturated carbocycles. The monoisotopic (exact) mass is 341 g/mol. The molecule has 0 unspecified atom stereocenters. The second-order valence-corrected chi connectivity index (χ2v) is 5.47. The van der Waals surface area contributed by atoms with E-state index in [-0.39, 0.29) is 17.7 Å². The summed E-state index contributed by atoms with van der Waals surface area (Å²) in [6.07, 6.45) is 0. The van der Waals surface area contributed by atoms with Crippen molar-refractivity contribution < 1.29 is 23.8 Å². The van der Waals surface area contributed by atoms with E-state index >= 15 is 0 Å². The number of ether oxygens (including phenoxy) is 1. The SMILES string of the molecule is CCOc1ccc(C2=C(O)C(=O)N(Cc3ccccc3F)C2=O)cc1. The molecule has 1 aliphatic rings. The molecule has 0 aromatic heterocycles. The normalized spacial score (nSPS) is 14.4. The van der Waals surface area contributed by atoms with Crippen molar-refractivity contribution in [3.8, 4) is 5.75 Å². The van der Waals surface area contributed by atoms with E-state index in [1.54, 1.807) is 30.3 Å². The summed E-state index contributed by atoms with van der Waals surface area (Å²) in [5.41, 5.74) is 0.504. The van der Waals surface area contributed by atoms with Gasteiger partial charge in [-0.05, 0) is 30.7 Å². The lowest BCUT2D eigenvalue weighted by Gasteiger charge is -2.15. The third-order valence-corrected chi connectivity index (χ3v) is 3.88. The summed E-state index contributed by atoms with van der Waals surface area (Å²) in [5, 5.41) is 10.1. The Kier molecular flexibility index (Phi) is 4.52. The van der Waals surface area contributed by atoms with Crippen LogP contribution in [0.4, 0.5) is 4.39 Å². The van der Waals surface area contributed by atoms with Crippen molar-refractivity contribution in [2.24, 2.45) is 0 Å². The molecule has 0 aliphatic carbocycles. The topological polar surface area (TPSA) is 66.8 Å². The molecule has 5 nitrogen and oxygen atoms in total. The van der Waals surface area contributed by atoms with Crippen LogP contribution in [0.3, 0.4) is 0 Å². The third-order valence-electron chi connectivity index (χ3n) is 3.88. The van der Waals surface area contributed by atoms with Gasteiger partial charge in [0.2, 0.25) is 0 Å². The molecular formula is C19H16FNO4. The highest BCUT2D eigenvalue weighted by Gasteiger charge is 2.39. The summed E-state index contributed by atoms with van der Waals surface area (Å²) in [7, 11) is 0. The zero-order valence-electron chi connectivity index (χ0n) is 13.5. The van der Waals surface area contributed by atoms with Crippen LogP contribution in [0.2, 0.25) is 0 Å². The van der Waals surface area contributed by atoms with Gasteiger partial charge in [0, 0.05) is 5.56 Å². The van der Waals surface area contributed by atoms with E-state index in [9.17, 15) is 19.1 Å². The zero-order valence-corrected chi connectivity index (χ0v) is 13.5. The molecule has 0 atom stereocenters. The fourth-order valence-corrected chi connectivity index (χ4v) is 2.65.